The molecule has 2 heterocycles. The molecule has 1 aromatic carbocycles. The summed E-state index contributed by atoms with van der Waals surface area (Å²) in [5.74, 6) is -0.897. The maximum absolute atomic E-state index is 11.1. The van der Waals surface area contributed by atoms with Gasteiger partial charge in [0.2, 0.25) is 0 Å². The Morgan fingerprint density at radius 3 is 2.67 bits per heavy atom. The van der Waals surface area contributed by atoms with Crippen LogP contribution in [0.3, 0.4) is 0 Å². The van der Waals surface area contributed by atoms with Crippen LogP contribution in [0.5, 0.6) is 0 Å². The van der Waals surface area contributed by atoms with Gasteiger partial charge in [-0.15, -0.1) is 0 Å². The molecule has 1 N–H and O–H groups in total. The number of fused-ring (bicyclic) bond motifs is 1. The molecule has 5 nitrogen and oxygen atoms in total. The van der Waals surface area contributed by atoms with E-state index < -0.39 is 5.97 Å². The molecule has 0 bridgehead atoms. The van der Waals surface area contributed by atoms with Gasteiger partial charge in [0.05, 0.1) is 17.8 Å². The third kappa shape index (κ3) is 2.20. The molecule has 0 saturated carbocycles. The Labute approximate surface area is 122 Å². The van der Waals surface area contributed by atoms with Crippen molar-refractivity contribution in [3.05, 3.63) is 53.0 Å². The number of benzene rings is 1. The lowest BCUT2D eigenvalue weighted by Gasteiger charge is -2.06. The minimum Gasteiger partial charge on any atom is -0.478 e. The van der Waals surface area contributed by atoms with E-state index in [1.807, 2.05) is 32.3 Å². The highest BCUT2D eigenvalue weighted by Crippen LogP contribution is 2.27. The minimum absolute atomic E-state index is 0.320. The first-order chi connectivity index (χ1) is 9.97. The van der Waals surface area contributed by atoms with Crippen LogP contribution in [0.15, 0.2) is 30.5 Å². The lowest BCUT2D eigenvalue weighted by atomic mass is 10.1. The number of carboxylic acid groups (broad SMARTS) is 1. The Morgan fingerprint density at radius 2 is 2.05 bits per heavy atom. The van der Waals surface area contributed by atoms with Crippen LogP contribution in [-0.2, 0) is 13.6 Å². The van der Waals surface area contributed by atoms with Crippen LogP contribution < -0.4 is 0 Å². The van der Waals surface area contributed by atoms with Gasteiger partial charge in [0.15, 0.2) is 0 Å². The molecule has 21 heavy (non-hydrogen) atoms. The van der Waals surface area contributed by atoms with Crippen molar-refractivity contribution in [1.82, 2.24) is 14.3 Å². The summed E-state index contributed by atoms with van der Waals surface area (Å²) in [4.78, 5) is 11.1. The van der Waals surface area contributed by atoms with Crippen molar-refractivity contribution in [3.63, 3.8) is 0 Å². The molecule has 108 valence electrons. The lowest BCUT2D eigenvalue weighted by molar-refractivity contribution is 0.0697. The molecule has 2 aromatic heterocycles. The number of nitrogens with zero attached hydrogens (tertiary/aromatic N) is 3. The molecule has 0 aliphatic heterocycles. The Morgan fingerprint density at radius 1 is 1.29 bits per heavy atom. The molecular formula is C16H17N3O2. The van der Waals surface area contributed by atoms with Crippen LogP contribution in [0.2, 0.25) is 0 Å². The summed E-state index contributed by atoms with van der Waals surface area (Å²) in [5, 5.41) is 14.5. The Kier molecular flexibility index (Phi) is 3.05. The lowest BCUT2D eigenvalue weighted by Crippen LogP contribution is -2.03. The highest BCUT2D eigenvalue weighted by Gasteiger charge is 2.14. The fourth-order valence-corrected chi connectivity index (χ4v) is 2.70. The minimum atomic E-state index is -0.897. The second-order valence-electron chi connectivity index (χ2n) is 5.31. The standard InChI is InChI=1S/C16H17N3O2/c1-10-11(2)19(9-13-6-7-18(3)17-13)15-5-4-12(16(20)21)8-14(10)15/h4-8H,9H2,1-3H3,(H,20,21). The molecule has 0 aliphatic carbocycles. The molecule has 0 atom stereocenters. The van der Waals surface area contributed by atoms with Gasteiger partial charge in [-0.25, -0.2) is 4.79 Å². The average molecular weight is 283 g/mol. The summed E-state index contributed by atoms with van der Waals surface area (Å²) >= 11 is 0. The first kappa shape index (κ1) is 13.4. The zero-order valence-corrected chi connectivity index (χ0v) is 12.3. The van der Waals surface area contributed by atoms with E-state index in [0.29, 0.717) is 12.1 Å². The summed E-state index contributed by atoms with van der Waals surface area (Å²) in [5.41, 5.74) is 4.60. The number of aryl methyl sites for hydroxylation is 2. The molecule has 3 aromatic rings. The summed E-state index contributed by atoms with van der Waals surface area (Å²) in [6.07, 6.45) is 1.92. The molecule has 0 fully saturated rings. The monoisotopic (exact) mass is 283 g/mol. The van der Waals surface area contributed by atoms with E-state index in [-0.39, 0.29) is 0 Å². The number of hydrogen-bond donors (Lipinski definition) is 1. The van der Waals surface area contributed by atoms with Gasteiger partial charge in [0.25, 0.3) is 0 Å². The quantitative estimate of drug-likeness (QED) is 0.804. The molecule has 0 unspecified atom stereocenters. The maximum atomic E-state index is 11.1. The van der Waals surface area contributed by atoms with Gasteiger partial charge < -0.3 is 9.67 Å². The number of aromatic carboxylic acids is 1. The predicted molar refractivity (Wildman–Crippen MR) is 80.7 cm³/mol. The topological polar surface area (TPSA) is 60.0 Å². The van der Waals surface area contributed by atoms with Crippen molar-refractivity contribution >= 4 is 16.9 Å². The molecule has 0 saturated heterocycles. The first-order valence-corrected chi connectivity index (χ1v) is 6.78. The van der Waals surface area contributed by atoms with Crippen LogP contribution in [0.1, 0.15) is 27.3 Å². The molecule has 0 spiro atoms. The Hall–Kier alpha value is -2.56. The largest absolute Gasteiger partial charge is 0.478 e. The van der Waals surface area contributed by atoms with E-state index in [1.165, 1.54) is 0 Å². The van der Waals surface area contributed by atoms with E-state index in [0.717, 1.165) is 27.9 Å². The molecule has 5 heteroatoms. The molecule has 0 aliphatic rings. The van der Waals surface area contributed by atoms with Gasteiger partial charge in [-0.05, 0) is 43.7 Å². The summed E-state index contributed by atoms with van der Waals surface area (Å²) in [6, 6.07) is 7.27. The Balaban J connectivity index is 2.14. The maximum Gasteiger partial charge on any atom is 0.335 e. The van der Waals surface area contributed by atoms with Gasteiger partial charge in [-0.2, -0.15) is 5.10 Å². The number of carbonyl (C=O) groups is 1. The third-order valence-electron chi connectivity index (χ3n) is 3.97. The number of carboxylic acids is 1. The highest BCUT2D eigenvalue weighted by atomic mass is 16.4. The van der Waals surface area contributed by atoms with Crippen LogP contribution in [0.25, 0.3) is 10.9 Å². The van der Waals surface area contributed by atoms with Crippen molar-refractivity contribution in [1.29, 1.82) is 0 Å². The van der Waals surface area contributed by atoms with Gasteiger partial charge in [0, 0.05) is 29.8 Å². The first-order valence-electron chi connectivity index (χ1n) is 6.78. The van der Waals surface area contributed by atoms with Gasteiger partial charge in [-0.1, -0.05) is 0 Å². The SMILES string of the molecule is Cc1c(C)n(Cc2ccn(C)n2)c2ccc(C(=O)O)cc12. The second-order valence-corrected chi connectivity index (χ2v) is 5.31. The zero-order chi connectivity index (χ0) is 15.1. The summed E-state index contributed by atoms with van der Waals surface area (Å²) in [7, 11) is 1.90. The smallest absolute Gasteiger partial charge is 0.335 e. The van der Waals surface area contributed by atoms with Gasteiger partial charge in [0.1, 0.15) is 0 Å². The number of rotatable bonds is 3. The van der Waals surface area contributed by atoms with Crippen molar-refractivity contribution in [2.24, 2.45) is 7.05 Å². The zero-order valence-electron chi connectivity index (χ0n) is 12.3. The fourth-order valence-electron chi connectivity index (χ4n) is 2.70. The van der Waals surface area contributed by atoms with Crippen LogP contribution in [0, 0.1) is 13.8 Å². The number of aromatic nitrogens is 3. The van der Waals surface area contributed by atoms with E-state index in [9.17, 15) is 4.79 Å². The summed E-state index contributed by atoms with van der Waals surface area (Å²) < 4.78 is 3.96. The predicted octanol–water partition coefficient (Wildman–Crippen LogP) is 2.74. The van der Waals surface area contributed by atoms with Crippen molar-refractivity contribution < 1.29 is 9.90 Å². The van der Waals surface area contributed by atoms with Crippen molar-refractivity contribution in [2.45, 2.75) is 20.4 Å². The van der Waals surface area contributed by atoms with E-state index in [2.05, 4.69) is 16.6 Å². The highest BCUT2D eigenvalue weighted by molar-refractivity contribution is 5.95. The van der Waals surface area contributed by atoms with Crippen LogP contribution >= 0.6 is 0 Å². The second kappa shape index (κ2) is 4.77. The number of hydrogen-bond acceptors (Lipinski definition) is 2. The molecular weight excluding hydrogens is 266 g/mol. The van der Waals surface area contributed by atoms with Crippen LogP contribution in [0.4, 0.5) is 0 Å². The molecule has 0 radical (unpaired) electrons. The molecule has 3 rings (SSSR count). The van der Waals surface area contributed by atoms with Crippen LogP contribution in [-0.4, -0.2) is 25.4 Å². The summed E-state index contributed by atoms with van der Waals surface area (Å²) in [6.45, 7) is 4.76. The van der Waals surface area contributed by atoms with Gasteiger partial charge >= 0.3 is 5.97 Å². The van der Waals surface area contributed by atoms with E-state index in [4.69, 9.17) is 5.11 Å². The fraction of sp³-hybridized carbons (Fsp3) is 0.250. The molecule has 0 amide bonds. The van der Waals surface area contributed by atoms with Crippen molar-refractivity contribution in [2.75, 3.05) is 0 Å². The van der Waals surface area contributed by atoms with E-state index >= 15 is 0 Å². The normalized spacial score (nSPS) is 11.2. The van der Waals surface area contributed by atoms with Crippen molar-refractivity contribution in [3.8, 4) is 0 Å². The third-order valence-corrected chi connectivity index (χ3v) is 3.97. The van der Waals surface area contributed by atoms with Gasteiger partial charge in [-0.3, -0.25) is 4.68 Å². The Bertz CT molecular complexity index is 843. The average Bonchev–Trinajstić information content (AvgIpc) is 2.96. The van der Waals surface area contributed by atoms with E-state index in [1.54, 1.807) is 16.8 Å².